The summed E-state index contributed by atoms with van der Waals surface area (Å²) in [6.07, 6.45) is 1.70. The molecule has 1 N–H and O–H groups in total. The van der Waals surface area contributed by atoms with Crippen molar-refractivity contribution in [1.82, 2.24) is 10.2 Å². The fourth-order valence-corrected chi connectivity index (χ4v) is 5.92. The summed E-state index contributed by atoms with van der Waals surface area (Å²) in [5.74, 6) is 0.476. The topological polar surface area (TPSA) is 105 Å². The molecule has 0 fully saturated rings. The highest BCUT2D eigenvalue weighted by atomic mass is 35.5. The normalized spacial score (nSPS) is 13.3. The fraction of sp³-hybridized carbons (Fsp3) is 0.375. The highest BCUT2D eigenvalue weighted by molar-refractivity contribution is 7.92. The number of halogens is 1. The Morgan fingerprint density at radius 2 is 1.63 bits per heavy atom. The number of rotatable bonds is 12. The Balaban J connectivity index is 1.58. The van der Waals surface area contributed by atoms with Crippen LogP contribution >= 0.6 is 11.6 Å². The van der Waals surface area contributed by atoms with Gasteiger partial charge in [0.25, 0.3) is 0 Å². The van der Waals surface area contributed by atoms with Crippen LogP contribution in [0.3, 0.4) is 0 Å². The SMILES string of the molecule is CC(C)(C)NC(=O)[C@@H](Cc1ccccc1)N(Cc1ccc(Cl)cc1)C(=O)CCCN(c1ccc2c(c1)OCO2)S(C)(=O)=O. The third-order valence-electron chi connectivity index (χ3n) is 6.83. The number of carbonyl (C=O) groups is 2. The van der Waals surface area contributed by atoms with E-state index < -0.39 is 21.6 Å². The van der Waals surface area contributed by atoms with Gasteiger partial charge >= 0.3 is 0 Å². The summed E-state index contributed by atoms with van der Waals surface area (Å²) in [5.41, 5.74) is 1.64. The molecule has 0 saturated heterocycles. The van der Waals surface area contributed by atoms with Crippen molar-refractivity contribution < 1.29 is 27.5 Å². The minimum atomic E-state index is -3.66. The molecule has 0 saturated carbocycles. The van der Waals surface area contributed by atoms with E-state index in [2.05, 4.69) is 5.32 Å². The van der Waals surface area contributed by atoms with Gasteiger partial charge in [-0.15, -0.1) is 0 Å². The Labute approximate surface area is 258 Å². The van der Waals surface area contributed by atoms with Crippen LogP contribution < -0.4 is 19.1 Å². The first-order valence-corrected chi connectivity index (χ1v) is 16.3. The number of anilines is 1. The van der Waals surface area contributed by atoms with Gasteiger partial charge in [0, 0.05) is 42.6 Å². The zero-order valence-corrected chi connectivity index (χ0v) is 26.5. The van der Waals surface area contributed by atoms with Crippen LogP contribution in [-0.2, 0) is 32.6 Å². The first kappa shape index (κ1) is 32.2. The van der Waals surface area contributed by atoms with Crippen LogP contribution in [0.25, 0.3) is 0 Å². The van der Waals surface area contributed by atoms with Crippen molar-refractivity contribution in [2.24, 2.45) is 0 Å². The van der Waals surface area contributed by atoms with Gasteiger partial charge in [-0.2, -0.15) is 0 Å². The summed E-state index contributed by atoms with van der Waals surface area (Å²) >= 11 is 6.11. The summed E-state index contributed by atoms with van der Waals surface area (Å²) in [6, 6.07) is 20.8. The van der Waals surface area contributed by atoms with Gasteiger partial charge in [-0.3, -0.25) is 13.9 Å². The molecule has 230 valence electrons. The van der Waals surface area contributed by atoms with Crippen LogP contribution in [0.15, 0.2) is 72.8 Å². The summed E-state index contributed by atoms with van der Waals surface area (Å²) in [6.45, 7) is 6.01. The van der Waals surface area contributed by atoms with Crippen molar-refractivity contribution >= 4 is 39.1 Å². The van der Waals surface area contributed by atoms with Crippen molar-refractivity contribution in [1.29, 1.82) is 0 Å². The van der Waals surface area contributed by atoms with Gasteiger partial charge in [0.1, 0.15) is 6.04 Å². The molecule has 0 bridgehead atoms. The Morgan fingerprint density at radius 3 is 2.28 bits per heavy atom. The molecule has 0 aliphatic carbocycles. The maximum atomic E-state index is 14.0. The predicted octanol–water partition coefficient (Wildman–Crippen LogP) is 5.17. The second-order valence-electron chi connectivity index (χ2n) is 11.6. The van der Waals surface area contributed by atoms with Crippen molar-refractivity contribution in [3.8, 4) is 11.5 Å². The molecule has 1 aliphatic rings. The number of hydrogen-bond acceptors (Lipinski definition) is 6. The van der Waals surface area contributed by atoms with Crippen molar-refractivity contribution in [3.63, 3.8) is 0 Å². The van der Waals surface area contributed by atoms with Gasteiger partial charge in [-0.25, -0.2) is 8.42 Å². The van der Waals surface area contributed by atoms with Crippen molar-refractivity contribution in [2.45, 2.75) is 58.2 Å². The largest absolute Gasteiger partial charge is 0.454 e. The molecule has 11 heteroatoms. The molecule has 1 heterocycles. The predicted molar refractivity (Wildman–Crippen MR) is 168 cm³/mol. The summed E-state index contributed by atoms with van der Waals surface area (Å²) in [7, 11) is -3.66. The second-order valence-corrected chi connectivity index (χ2v) is 13.9. The Bertz CT molecular complexity index is 1520. The lowest BCUT2D eigenvalue weighted by molar-refractivity contribution is -0.142. The van der Waals surface area contributed by atoms with Crippen LogP contribution in [-0.4, -0.2) is 56.3 Å². The van der Waals surface area contributed by atoms with E-state index >= 15 is 0 Å². The van der Waals surface area contributed by atoms with E-state index in [0.717, 1.165) is 17.4 Å². The van der Waals surface area contributed by atoms with Crippen LogP contribution in [0, 0.1) is 0 Å². The Morgan fingerprint density at radius 1 is 0.953 bits per heavy atom. The fourth-order valence-electron chi connectivity index (χ4n) is 4.84. The van der Waals surface area contributed by atoms with Gasteiger partial charge in [-0.05, 0) is 62.6 Å². The summed E-state index contributed by atoms with van der Waals surface area (Å²) < 4.78 is 37.5. The number of sulfonamides is 1. The number of benzene rings is 3. The van der Waals surface area contributed by atoms with Crippen LogP contribution in [0.2, 0.25) is 5.02 Å². The number of amides is 2. The number of nitrogens with zero attached hydrogens (tertiary/aromatic N) is 2. The molecule has 3 aromatic rings. The van der Waals surface area contributed by atoms with E-state index in [0.29, 0.717) is 28.6 Å². The second kappa shape index (κ2) is 13.7. The molecule has 0 unspecified atom stereocenters. The number of nitrogens with one attached hydrogen (secondary N) is 1. The molecule has 0 spiro atoms. The molecule has 1 aliphatic heterocycles. The number of fused-ring (bicyclic) bond motifs is 1. The van der Waals surface area contributed by atoms with E-state index in [1.165, 1.54) is 4.31 Å². The average molecular weight is 628 g/mol. The highest BCUT2D eigenvalue weighted by Crippen LogP contribution is 2.36. The number of hydrogen-bond donors (Lipinski definition) is 1. The molecule has 0 radical (unpaired) electrons. The van der Waals surface area contributed by atoms with E-state index in [4.69, 9.17) is 21.1 Å². The zero-order valence-electron chi connectivity index (χ0n) is 24.9. The monoisotopic (exact) mass is 627 g/mol. The van der Waals surface area contributed by atoms with Gasteiger partial charge in [-0.1, -0.05) is 54.1 Å². The molecule has 0 aromatic heterocycles. The zero-order chi connectivity index (χ0) is 31.2. The Hall–Kier alpha value is -3.76. The lowest BCUT2D eigenvalue weighted by Gasteiger charge is -2.34. The van der Waals surface area contributed by atoms with E-state index in [1.807, 2.05) is 63.2 Å². The van der Waals surface area contributed by atoms with Gasteiger partial charge in [0.15, 0.2) is 11.5 Å². The molecule has 9 nitrogen and oxygen atoms in total. The quantitative estimate of drug-likeness (QED) is 0.297. The average Bonchev–Trinajstić information content (AvgIpc) is 3.41. The maximum absolute atomic E-state index is 14.0. The van der Waals surface area contributed by atoms with Crippen molar-refractivity contribution in [3.05, 3.63) is 88.9 Å². The first-order valence-electron chi connectivity index (χ1n) is 14.1. The van der Waals surface area contributed by atoms with E-state index in [1.54, 1.807) is 35.2 Å². The number of ether oxygens (including phenoxy) is 2. The third kappa shape index (κ3) is 9.11. The molecule has 3 aromatic carbocycles. The van der Waals surface area contributed by atoms with Crippen LogP contribution in [0.1, 0.15) is 44.7 Å². The molecule has 1 atom stereocenters. The minimum absolute atomic E-state index is 0.0260. The van der Waals surface area contributed by atoms with Crippen LogP contribution in [0.5, 0.6) is 11.5 Å². The molecule has 4 rings (SSSR count). The van der Waals surface area contributed by atoms with Crippen molar-refractivity contribution in [2.75, 3.05) is 23.9 Å². The maximum Gasteiger partial charge on any atom is 0.243 e. The van der Waals surface area contributed by atoms with Gasteiger partial charge in [0.05, 0.1) is 11.9 Å². The number of carbonyl (C=O) groups excluding carboxylic acids is 2. The molecular weight excluding hydrogens is 590 g/mol. The lowest BCUT2D eigenvalue weighted by Crippen LogP contribution is -2.54. The standard InChI is InChI=1S/C32H38ClN3O6S/c1-32(2,3)34-31(38)27(19-23-9-6-5-7-10-23)35(21-24-12-14-25(33)15-13-24)30(37)11-8-18-36(43(4,39)40)26-16-17-28-29(20-26)42-22-41-28/h5-7,9-10,12-17,20,27H,8,11,18-19,21-22H2,1-4H3,(H,34,38)/t27-/m1/s1. The smallest absolute Gasteiger partial charge is 0.243 e. The van der Waals surface area contributed by atoms with E-state index in [9.17, 15) is 18.0 Å². The van der Waals surface area contributed by atoms with Crippen LogP contribution in [0.4, 0.5) is 5.69 Å². The minimum Gasteiger partial charge on any atom is -0.454 e. The molecule has 43 heavy (non-hydrogen) atoms. The first-order chi connectivity index (χ1) is 20.3. The Kier molecular flexibility index (Phi) is 10.2. The van der Waals surface area contributed by atoms with Gasteiger partial charge in [0.2, 0.25) is 28.6 Å². The highest BCUT2D eigenvalue weighted by Gasteiger charge is 2.32. The summed E-state index contributed by atoms with van der Waals surface area (Å²) in [5, 5.41) is 3.61. The summed E-state index contributed by atoms with van der Waals surface area (Å²) in [4.78, 5) is 29.2. The van der Waals surface area contributed by atoms with E-state index in [-0.39, 0.29) is 44.5 Å². The molecule has 2 amide bonds. The molecular formula is C32H38ClN3O6S. The van der Waals surface area contributed by atoms with Gasteiger partial charge < -0.3 is 19.7 Å². The third-order valence-corrected chi connectivity index (χ3v) is 8.28. The lowest BCUT2D eigenvalue weighted by atomic mass is 10.00.